The number of hydrogen-bond donors (Lipinski definition) is 0. The van der Waals surface area contributed by atoms with E-state index in [1.807, 2.05) is 6.92 Å². The fraction of sp³-hybridized carbons (Fsp3) is 1.00. The Morgan fingerprint density at radius 2 is 2.50 bits per heavy atom. The Bertz CT molecular complexity index is 66.9. The average molecular weight is 135 g/mol. The van der Waals surface area contributed by atoms with Crippen LogP contribution in [-0.2, 0) is 4.74 Å². The van der Waals surface area contributed by atoms with Gasteiger partial charge in [-0.3, -0.25) is 0 Å². The summed E-state index contributed by atoms with van der Waals surface area (Å²) in [5.74, 6) is 0. The van der Waals surface area contributed by atoms with E-state index in [1.54, 1.807) is 0 Å². The molecule has 48 valence electrons. The van der Waals surface area contributed by atoms with Gasteiger partial charge in [-0.2, -0.15) is 0 Å². The highest BCUT2D eigenvalue weighted by atomic mass is 35.5. The lowest BCUT2D eigenvalue weighted by Crippen LogP contribution is -1.93. The van der Waals surface area contributed by atoms with Crippen molar-refractivity contribution in [3.63, 3.8) is 0 Å². The van der Waals surface area contributed by atoms with Crippen LogP contribution in [0, 0.1) is 0 Å². The SMILES string of the molecule is CC(Cl)CCC1CO1. The first-order valence-electron chi connectivity index (χ1n) is 3.04. The number of hydrogen-bond acceptors (Lipinski definition) is 1. The first-order chi connectivity index (χ1) is 3.79. The zero-order valence-corrected chi connectivity index (χ0v) is 5.82. The highest BCUT2D eigenvalue weighted by Gasteiger charge is 2.21. The molecule has 2 unspecified atom stereocenters. The molecule has 1 aliphatic heterocycles. The predicted octanol–water partition coefficient (Wildman–Crippen LogP) is 1.79. The van der Waals surface area contributed by atoms with Crippen LogP contribution in [0.1, 0.15) is 19.8 Å². The summed E-state index contributed by atoms with van der Waals surface area (Å²) >= 11 is 5.69. The highest BCUT2D eigenvalue weighted by molar-refractivity contribution is 6.20. The van der Waals surface area contributed by atoms with E-state index in [-0.39, 0.29) is 0 Å². The molecule has 0 aromatic rings. The summed E-state index contributed by atoms with van der Waals surface area (Å²) in [5.41, 5.74) is 0. The molecule has 0 amide bonds. The molecule has 1 saturated heterocycles. The molecule has 0 aliphatic carbocycles. The second kappa shape index (κ2) is 2.70. The predicted molar refractivity (Wildman–Crippen MR) is 34.3 cm³/mol. The molecule has 2 atom stereocenters. The number of epoxide rings is 1. The third-order valence-corrected chi connectivity index (χ3v) is 1.51. The quantitative estimate of drug-likeness (QED) is 0.424. The van der Waals surface area contributed by atoms with Crippen molar-refractivity contribution < 1.29 is 4.74 Å². The molecule has 1 nitrogen and oxygen atoms in total. The molecule has 8 heavy (non-hydrogen) atoms. The second-order valence-electron chi connectivity index (χ2n) is 2.31. The summed E-state index contributed by atoms with van der Waals surface area (Å²) < 4.78 is 5.00. The first kappa shape index (κ1) is 6.37. The number of halogens is 1. The Morgan fingerprint density at radius 3 is 2.88 bits per heavy atom. The van der Waals surface area contributed by atoms with Crippen LogP contribution in [-0.4, -0.2) is 18.1 Å². The van der Waals surface area contributed by atoms with Crippen LogP contribution in [0.15, 0.2) is 0 Å². The van der Waals surface area contributed by atoms with Crippen LogP contribution in [0.25, 0.3) is 0 Å². The zero-order valence-electron chi connectivity index (χ0n) is 5.06. The molecule has 2 heteroatoms. The van der Waals surface area contributed by atoms with Crippen molar-refractivity contribution in [2.24, 2.45) is 0 Å². The van der Waals surface area contributed by atoms with Gasteiger partial charge in [0.15, 0.2) is 0 Å². The van der Waals surface area contributed by atoms with Crippen molar-refractivity contribution in [2.45, 2.75) is 31.2 Å². The third kappa shape index (κ3) is 2.53. The molecular formula is C6H11ClO. The van der Waals surface area contributed by atoms with Gasteiger partial charge in [0.25, 0.3) is 0 Å². The third-order valence-electron chi connectivity index (χ3n) is 1.29. The molecular weight excluding hydrogens is 124 g/mol. The van der Waals surface area contributed by atoms with E-state index in [0.717, 1.165) is 19.4 Å². The lowest BCUT2D eigenvalue weighted by molar-refractivity contribution is 0.391. The van der Waals surface area contributed by atoms with Gasteiger partial charge in [0, 0.05) is 5.38 Å². The van der Waals surface area contributed by atoms with Crippen LogP contribution in [0.4, 0.5) is 0 Å². The fourth-order valence-electron chi connectivity index (χ4n) is 0.650. The van der Waals surface area contributed by atoms with Crippen LogP contribution in [0.2, 0.25) is 0 Å². The van der Waals surface area contributed by atoms with Crippen molar-refractivity contribution >= 4 is 11.6 Å². The van der Waals surface area contributed by atoms with Gasteiger partial charge in [0.1, 0.15) is 0 Å². The van der Waals surface area contributed by atoms with Crippen molar-refractivity contribution in [3.8, 4) is 0 Å². The van der Waals surface area contributed by atoms with Crippen molar-refractivity contribution in [1.29, 1.82) is 0 Å². The molecule has 0 aromatic carbocycles. The molecule has 0 bridgehead atoms. The maximum absolute atomic E-state index is 5.69. The zero-order chi connectivity index (χ0) is 5.98. The normalized spacial score (nSPS) is 30.0. The molecule has 0 saturated carbocycles. The van der Waals surface area contributed by atoms with Crippen molar-refractivity contribution in [1.82, 2.24) is 0 Å². The Labute approximate surface area is 55.0 Å². The van der Waals surface area contributed by atoms with E-state index in [9.17, 15) is 0 Å². The fourth-order valence-corrected chi connectivity index (χ4v) is 0.776. The lowest BCUT2D eigenvalue weighted by Gasteiger charge is -1.96. The van der Waals surface area contributed by atoms with Gasteiger partial charge in [-0.05, 0) is 19.8 Å². The van der Waals surface area contributed by atoms with Gasteiger partial charge in [0.2, 0.25) is 0 Å². The van der Waals surface area contributed by atoms with E-state index in [0.29, 0.717) is 11.5 Å². The van der Waals surface area contributed by atoms with E-state index in [1.165, 1.54) is 0 Å². The van der Waals surface area contributed by atoms with E-state index in [4.69, 9.17) is 16.3 Å². The summed E-state index contributed by atoms with van der Waals surface area (Å²) in [6.45, 7) is 2.98. The lowest BCUT2D eigenvalue weighted by atomic mass is 10.2. The molecule has 1 rings (SSSR count). The standard InChI is InChI=1S/C6H11ClO/c1-5(7)2-3-6-4-8-6/h5-6H,2-4H2,1H3. The molecule has 0 N–H and O–H groups in total. The molecule has 1 aliphatic rings. The Kier molecular flexibility index (Phi) is 2.15. The van der Waals surface area contributed by atoms with Gasteiger partial charge < -0.3 is 4.74 Å². The molecule has 0 radical (unpaired) electrons. The summed E-state index contributed by atoms with van der Waals surface area (Å²) in [4.78, 5) is 0. The van der Waals surface area contributed by atoms with Crippen LogP contribution in [0.3, 0.4) is 0 Å². The van der Waals surface area contributed by atoms with Gasteiger partial charge >= 0.3 is 0 Å². The van der Waals surface area contributed by atoms with Gasteiger partial charge in [0.05, 0.1) is 12.7 Å². The second-order valence-corrected chi connectivity index (χ2v) is 3.06. The summed E-state index contributed by atoms with van der Waals surface area (Å²) in [7, 11) is 0. The topological polar surface area (TPSA) is 12.5 Å². The first-order valence-corrected chi connectivity index (χ1v) is 3.48. The van der Waals surface area contributed by atoms with Gasteiger partial charge in [-0.25, -0.2) is 0 Å². The maximum atomic E-state index is 5.69. The van der Waals surface area contributed by atoms with Crippen LogP contribution < -0.4 is 0 Å². The Hall–Kier alpha value is 0.250. The minimum atomic E-state index is 0.319. The van der Waals surface area contributed by atoms with E-state index >= 15 is 0 Å². The molecule has 0 spiro atoms. The Morgan fingerprint density at radius 1 is 1.88 bits per heavy atom. The summed E-state index contributed by atoms with van der Waals surface area (Å²) in [6.07, 6.45) is 2.79. The molecule has 1 heterocycles. The van der Waals surface area contributed by atoms with E-state index < -0.39 is 0 Å². The Balaban J connectivity index is 1.87. The molecule has 1 fully saturated rings. The van der Waals surface area contributed by atoms with Crippen molar-refractivity contribution in [2.75, 3.05) is 6.61 Å². The van der Waals surface area contributed by atoms with Gasteiger partial charge in [-0.1, -0.05) is 0 Å². The largest absolute Gasteiger partial charge is 0.373 e. The van der Waals surface area contributed by atoms with E-state index in [2.05, 4.69) is 0 Å². The summed E-state index contributed by atoms with van der Waals surface area (Å²) in [5, 5.41) is 0.319. The number of rotatable bonds is 3. The maximum Gasteiger partial charge on any atom is 0.0810 e. The minimum Gasteiger partial charge on any atom is -0.373 e. The van der Waals surface area contributed by atoms with Crippen molar-refractivity contribution in [3.05, 3.63) is 0 Å². The monoisotopic (exact) mass is 134 g/mol. The minimum absolute atomic E-state index is 0.319. The summed E-state index contributed by atoms with van der Waals surface area (Å²) in [6, 6.07) is 0. The molecule has 0 aromatic heterocycles. The average Bonchev–Trinajstić information content (AvgIpc) is 2.41. The van der Waals surface area contributed by atoms with Crippen LogP contribution >= 0.6 is 11.6 Å². The smallest absolute Gasteiger partial charge is 0.0810 e. The number of alkyl halides is 1. The van der Waals surface area contributed by atoms with Crippen LogP contribution in [0.5, 0.6) is 0 Å². The van der Waals surface area contributed by atoms with Gasteiger partial charge in [-0.15, -0.1) is 11.6 Å². The number of ether oxygens (including phenoxy) is 1. The highest BCUT2D eigenvalue weighted by Crippen LogP contribution is 2.17.